The fourth-order valence-corrected chi connectivity index (χ4v) is 3.05. The highest BCUT2D eigenvalue weighted by Gasteiger charge is 2.23. The van der Waals surface area contributed by atoms with E-state index in [9.17, 15) is 9.59 Å². The number of amides is 2. The van der Waals surface area contributed by atoms with E-state index in [1.54, 1.807) is 17.0 Å². The van der Waals surface area contributed by atoms with Gasteiger partial charge in [0, 0.05) is 34.4 Å². The maximum absolute atomic E-state index is 12.3. The summed E-state index contributed by atoms with van der Waals surface area (Å²) in [4.78, 5) is 26.0. The zero-order valence-corrected chi connectivity index (χ0v) is 14.4. The monoisotopic (exact) mass is 372 g/mol. The number of nitrogens with one attached hydrogen (secondary N) is 1. The lowest BCUT2D eigenvalue weighted by Gasteiger charge is -2.28. The Kier molecular flexibility index (Phi) is 4.48. The van der Waals surface area contributed by atoms with Crippen LogP contribution >= 0.6 is 15.9 Å². The number of fused-ring (bicyclic) bond motifs is 1. The fourth-order valence-electron chi connectivity index (χ4n) is 2.79. The van der Waals surface area contributed by atoms with Crippen molar-refractivity contribution in [2.45, 2.75) is 19.8 Å². The van der Waals surface area contributed by atoms with Crippen LogP contribution in [-0.2, 0) is 11.2 Å². The predicted molar refractivity (Wildman–Crippen MR) is 94.9 cm³/mol. The van der Waals surface area contributed by atoms with E-state index < -0.39 is 0 Å². The smallest absolute Gasteiger partial charge is 0.255 e. The van der Waals surface area contributed by atoms with Crippen molar-refractivity contribution in [1.29, 1.82) is 0 Å². The SMILES string of the molecule is CCN1C(=O)CCc2cc(NC(=O)c3ccc(Br)cc3)ccc21. The summed E-state index contributed by atoms with van der Waals surface area (Å²) in [5, 5.41) is 2.91. The van der Waals surface area contributed by atoms with Crippen molar-refractivity contribution >= 4 is 39.1 Å². The number of aryl methyl sites for hydroxylation is 1. The molecule has 2 amide bonds. The van der Waals surface area contributed by atoms with E-state index in [1.807, 2.05) is 37.3 Å². The Labute approximate surface area is 143 Å². The highest BCUT2D eigenvalue weighted by atomic mass is 79.9. The number of halogens is 1. The number of hydrogen-bond donors (Lipinski definition) is 1. The Balaban J connectivity index is 1.81. The minimum Gasteiger partial charge on any atom is -0.322 e. The molecule has 4 nitrogen and oxygen atoms in total. The van der Waals surface area contributed by atoms with Crippen LogP contribution in [0.15, 0.2) is 46.9 Å². The van der Waals surface area contributed by atoms with Crippen molar-refractivity contribution in [3.63, 3.8) is 0 Å². The molecule has 5 heteroatoms. The maximum Gasteiger partial charge on any atom is 0.255 e. The number of carbonyl (C=O) groups excluding carboxylic acids is 2. The van der Waals surface area contributed by atoms with E-state index in [2.05, 4.69) is 21.2 Å². The summed E-state index contributed by atoms with van der Waals surface area (Å²) < 4.78 is 0.937. The fraction of sp³-hybridized carbons (Fsp3) is 0.222. The lowest BCUT2D eigenvalue weighted by Crippen LogP contribution is -2.34. The zero-order chi connectivity index (χ0) is 16.4. The van der Waals surface area contributed by atoms with Crippen molar-refractivity contribution in [3.8, 4) is 0 Å². The highest BCUT2D eigenvalue weighted by molar-refractivity contribution is 9.10. The van der Waals surface area contributed by atoms with Gasteiger partial charge in [0.25, 0.3) is 5.91 Å². The number of anilines is 2. The van der Waals surface area contributed by atoms with Crippen molar-refractivity contribution in [2.24, 2.45) is 0 Å². The average Bonchev–Trinajstić information content (AvgIpc) is 2.55. The third-order valence-corrected chi connectivity index (χ3v) is 4.49. The second kappa shape index (κ2) is 6.54. The first-order valence-corrected chi connectivity index (χ1v) is 8.38. The highest BCUT2D eigenvalue weighted by Crippen LogP contribution is 2.30. The van der Waals surface area contributed by atoms with Crippen LogP contribution in [0.2, 0.25) is 0 Å². The third-order valence-electron chi connectivity index (χ3n) is 3.96. The molecule has 23 heavy (non-hydrogen) atoms. The van der Waals surface area contributed by atoms with Gasteiger partial charge in [-0.05, 0) is 61.4 Å². The summed E-state index contributed by atoms with van der Waals surface area (Å²) in [7, 11) is 0. The molecular weight excluding hydrogens is 356 g/mol. The first-order valence-electron chi connectivity index (χ1n) is 7.58. The van der Waals surface area contributed by atoms with Crippen LogP contribution in [-0.4, -0.2) is 18.4 Å². The summed E-state index contributed by atoms with van der Waals surface area (Å²) in [6.07, 6.45) is 1.23. The number of carbonyl (C=O) groups is 2. The van der Waals surface area contributed by atoms with Gasteiger partial charge in [0.05, 0.1) is 0 Å². The van der Waals surface area contributed by atoms with E-state index in [1.165, 1.54) is 0 Å². The molecule has 0 saturated carbocycles. The molecule has 0 spiro atoms. The molecular formula is C18H17BrN2O2. The summed E-state index contributed by atoms with van der Waals surface area (Å²) >= 11 is 3.36. The van der Waals surface area contributed by atoms with E-state index in [0.717, 1.165) is 21.4 Å². The molecule has 1 aliphatic rings. The summed E-state index contributed by atoms with van der Waals surface area (Å²) in [6.45, 7) is 2.63. The Bertz CT molecular complexity index is 756. The predicted octanol–water partition coefficient (Wildman–Crippen LogP) is 4.00. The molecule has 0 saturated heterocycles. The Morgan fingerprint density at radius 2 is 1.91 bits per heavy atom. The Morgan fingerprint density at radius 3 is 2.61 bits per heavy atom. The van der Waals surface area contributed by atoms with Gasteiger partial charge in [-0.3, -0.25) is 9.59 Å². The molecule has 118 valence electrons. The van der Waals surface area contributed by atoms with Crippen molar-refractivity contribution in [3.05, 3.63) is 58.1 Å². The first kappa shape index (κ1) is 15.7. The van der Waals surface area contributed by atoms with Gasteiger partial charge in [-0.2, -0.15) is 0 Å². The van der Waals surface area contributed by atoms with E-state index in [-0.39, 0.29) is 11.8 Å². The quantitative estimate of drug-likeness (QED) is 0.884. The molecule has 1 N–H and O–H groups in total. The van der Waals surface area contributed by atoms with Gasteiger partial charge in [0.1, 0.15) is 0 Å². The minimum absolute atomic E-state index is 0.142. The number of benzene rings is 2. The Hall–Kier alpha value is -2.14. The lowest BCUT2D eigenvalue weighted by atomic mass is 10.0. The van der Waals surface area contributed by atoms with Gasteiger partial charge in [-0.1, -0.05) is 15.9 Å². The van der Waals surface area contributed by atoms with Crippen LogP contribution in [0.1, 0.15) is 29.3 Å². The molecule has 1 heterocycles. The zero-order valence-electron chi connectivity index (χ0n) is 12.8. The van der Waals surface area contributed by atoms with Crippen LogP contribution in [0.4, 0.5) is 11.4 Å². The molecule has 0 fully saturated rings. The topological polar surface area (TPSA) is 49.4 Å². The molecule has 0 radical (unpaired) electrons. The largest absolute Gasteiger partial charge is 0.322 e. The van der Waals surface area contributed by atoms with E-state index in [0.29, 0.717) is 24.9 Å². The van der Waals surface area contributed by atoms with Gasteiger partial charge in [0.15, 0.2) is 0 Å². The van der Waals surface area contributed by atoms with Crippen LogP contribution in [0.5, 0.6) is 0 Å². The number of nitrogens with zero attached hydrogens (tertiary/aromatic N) is 1. The molecule has 1 aliphatic heterocycles. The van der Waals surface area contributed by atoms with Gasteiger partial charge < -0.3 is 10.2 Å². The van der Waals surface area contributed by atoms with Crippen molar-refractivity contribution in [1.82, 2.24) is 0 Å². The Morgan fingerprint density at radius 1 is 1.17 bits per heavy atom. The van der Waals surface area contributed by atoms with Crippen LogP contribution in [0.3, 0.4) is 0 Å². The van der Waals surface area contributed by atoms with Crippen molar-refractivity contribution in [2.75, 3.05) is 16.8 Å². The van der Waals surface area contributed by atoms with E-state index >= 15 is 0 Å². The molecule has 0 unspecified atom stereocenters. The standard InChI is InChI=1S/C18H17BrN2O2/c1-2-21-16-9-8-15(11-13(16)5-10-17(21)22)20-18(23)12-3-6-14(19)7-4-12/h3-4,6-9,11H,2,5,10H2,1H3,(H,20,23). The number of hydrogen-bond acceptors (Lipinski definition) is 2. The lowest BCUT2D eigenvalue weighted by molar-refractivity contribution is -0.118. The van der Waals surface area contributed by atoms with Gasteiger partial charge in [0.2, 0.25) is 5.91 Å². The molecule has 0 bridgehead atoms. The molecule has 0 aliphatic carbocycles. The van der Waals surface area contributed by atoms with Gasteiger partial charge in [-0.25, -0.2) is 0 Å². The second-order valence-electron chi connectivity index (χ2n) is 5.44. The molecule has 0 aromatic heterocycles. The van der Waals surface area contributed by atoms with Gasteiger partial charge >= 0.3 is 0 Å². The van der Waals surface area contributed by atoms with Crippen LogP contribution in [0.25, 0.3) is 0 Å². The second-order valence-corrected chi connectivity index (χ2v) is 6.36. The molecule has 2 aromatic rings. The summed E-state index contributed by atoms with van der Waals surface area (Å²) in [5.41, 5.74) is 3.41. The average molecular weight is 373 g/mol. The molecule has 2 aromatic carbocycles. The number of rotatable bonds is 3. The van der Waals surface area contributed by atoms with Crippen LogP contribution in [0, 0.1) is 0 Å². The first-order chi connectivity index (χ1) is 11.1. The minimum atomic E-state index is -0.142. The normalized spacial score (nSPS) is 13.7. The molecule has 3 rings (SSSR count). The maximum atomic E-state index is 12.3. The molecule has 0 atom stereocenters. The summed E-state index contributed by atoms with van der Waals surface area (Å²) in [5.74, 6) is 0.0170. The van der Waals surface area contributed by atoms with E-state index in [4.69, 9.17) is 0 Å². The van der Waals surface area contributed by atoms with Crippen molar-refractivity contribution < 1.29 is 9.59 Å². The third kappa shape index (κ3) is 3.29. The van der Waals surface area contributed by atoms with Gasteiger partial charge in [-0.15, -0.1) is 0 Å². The van der Waals surface area contributed by atoms with Crippen LogP contribution < -0.4 is 10.2 Å². The summed E-state index contributed by atoms with van der Waals surface area (Å²) in [6, 6.07) is 12.9.